The van der Waals surface area contributed by atoms with Crippen LogP contribution in [0.15, 0.2) is 42.0 Å². The number of aliphatic hydroxyl groups is 1. The number of carbonyl (C=O) groups is 3. The Morgan fingerprint density at radius 3 is 2.52 bits per heavy atom. The molecule has 3 heterocycles. The molecule has 2 aliphatic rings. The molecular weight excluding hydrogens is 588 g/mol. The summed E-state index contributed by atoms with van der Waals surface area (Å²) in [6.07, 6.45) is 1.81. The van der Waals surface area contributed by atoms with Crippen LogP contribution in [0.25, 0.3) is 5.76 Å². The fraction of sp³-hybridized carbons (Fsp3) is 0.375. The number of ketones is 1. The molecule has 44 heavy (non-hydrogen) atoms. The Morgan fingerprint density at radius 2 is 1.80 bits per heavy atom. The van der Waals surface area contributed by atoms with Crippen molar-refractivity contribution in [2.45, 2.75) is 46.6 Å². The minimum absolute atomic E-state index is 0.111. The standard InChI is InChI=1S/C32H34N2O9S/c1-5-8-13-41-21-11-9-19(16-23(21)39-6-2)26-25(27(35)20-10-12-22-24(17-20)43-15-14-42-22)28(36)30(37)34(26)32-33-18(4)29(44-32)31(38)40-7-3/h9-12,16-17,26,35H,5-8,13-15H2,1-4H3/t26-/m1/s1. The third kappa shape index (κ3) is 5.94. The van der Waals surface area contributed by atoms with Gasteiger partial charge < -0.3 is 28.8 Å². The van der Waals surface area contributed by atoms with E-state index in [4.69, 9.17) is 23.7 Å². The van der Waals surface area contributed by atoms with Gasteiger partial charge in [-0.15, -0.1) is 0 Å². The number of aryl methyl sites for hydroxylation is 1. The van der Waals surface area contributed by atoms with E-state index in [1.54, 1.807) is 50.2 Å². The van der Waals surface area contributed by atoms with Crippen LogP contribution in [0.3, 0.4) is 0 Å². The van der Waals surface area contributed by atoms with Gasteiger partial charge in [0.1, 0.15) is 23.9 Å². The van der Waals surface area contributed by atoms with E-state index in [1.807, 2.05) is 6.92 Å². The molecule has 1 fully saturated rings. The van der Waals surface area contributed by atoms with Gasteiger partial charge in [0.05, 0.1) is 37.1 Å². The number of benzene rings is 2. The summed E-state index contributed by atoms with van der Waals surface area (Å²) >= 11 is 0.939. The minimum Gasteiger partial charge on any atom is -0.507 e. The van der Waals surface area contributed by atoms with Crippen LogP contribution in [0.2, 0.25) is 0 Å². The average molecular weight is 623 g/mol. The van der Waals surface area contributed by atoms with Crippen LogP contribution in [0.5, 0.6) is 23.0 Å². The first-order chi connectivity index (χ1) is 21.3. The van der Waals surface area contributed by atoms with Gasteiger partial charge in [-0.1, -0.05) is 30.7 Å². The Balaban J connectivity index is 1.67. The number of fused-ring (bicyclic) bond motifs is 1. The predicted octanol–water partition coefficient (Wildman–Crippen LogP) is 5.60. The molecule has 1 amide bonds. The third-order valence-electron chi connectivity index (χ3n) is 7.05. The van der Waals surface area contributed by atoms with Crippen molar-refractivity contribution in [3.8, 4) is 23.0 Å². The normalized spacial score (nSPS) is 17.1. The highest BCUT2D eigenvalue weighted by Crippen LogP contribution is 2.46. The molecule has 1 saturated heterocycles. The van der Waals surface area contributed by atoms with Crippen molar-refractivity contribution in [1.82, 2.24) is 4.98 Å². The van der Waals surface area contributed by atoms with Crippen molar-refractivity contribution in [3.05, 3.63) is 63.7 Å². The van der Waals surface area contributed by atoms with Crippen LogP contribution in [0.1, 0.15) is 66.1 Å². The van der Waals surface area contributed by atoms with Gasteiger partial charge in [-0.05, 0) is 63.1 Å². The lowest BCUT2D eigenvalue weighted by atomic mass is 9.95. The zero-order valence-corrected chi connectivity index (χ0v) is 25.8. The summed E-state index contributed by atoms with van der Waals surface area (Å²) in [5.74, 6) is -0.925. The number of ether oxygens (including phenoxy) is 5. The molecule has 0 radical (unpaired) electrons. The van der Waals surface area contributed by atoms with E-state index in [2.05, 4.69) is 11.9 Å². The van der Waals surface area contributed by atoms with Crippen molar-refractivity contribution >= 4 is 39.9 Å². The van der Waals surface area contributed by atoms with E-state index in [-0.39, 0.29) is 27.8 Å². The number of thiazole rings is 1. The molecule has 0 bridgehead atoms. The Labute approximate surface area is 259 Å². The van der Waals surface area contributed by atoms with Crippen LogP contribution in [-0.2, 0) is 14.3 Å². The summed E-state index contributed by atoms with van der Waals surface area (Å²) in [5.41, 5.74) is 0.939. The lowest BCUT2D eigenvalue weighted by molar-refractivity contribution is -0.132. The maximum atomic E-state index is 13.7. The number of hydrogen-bond acceptors (Lipinski definition) is 11. The summed E-state index contributed by atoms with van der Waals surface area (Å²) in [6.45, 7) is 8.96. The zero-order chi connectivity index (χ0) is 31.4. The Bertz CT molecular complexity index is 1610. The summed E-state index contributed by atoms with van der Waals surface area (Å²) in [7, 11) is 0. The van der Waals surface area contributed by atoms with Crippen molar-refractivity contribution in [1.29, 1.82) is 0 Å². The summed E-state index contributed by atoms with van der Waals surface area (Å²) in [5, 5.41) is 11.7. The molecular formula is C32H34N2O9S. The Morgan fingerprint density at radius 1 is 1.02 bits per heavy atom. The fourth-order valence-corrected chi connectivity index (χ4v) is 5.96. The highest BCUT2D eigenvalue weighted by molar-refractivity contribution is 7.17. The average Bonchev–Trinajstić information content (AvgIpc) is 3.53. The van der Waals surface area contributed by atoms with E-state index in [9.17, 15) is 19.5 Å². The van der Waals surface area contributed by atoms with Gasteiger partial charge in [-0.3, -0.25) is 14.5 Å². The first-order valence-electron chi connectivity index (χ1n) is 14.5. The van der Waals surface area contributed by atoms with Crippen LogP contribution < -0.4 is 23.8 Å². The molecule has 3 aromatic rings. The third-order valence-corrected chi connectivity index (χ3v) is 8.19. The number of carbonyl (C=O) groups excluding carboxylic acids is 3. The van der Waals surface area contributed by atoms with Gasteiger partial charge in [0.25, 0.3) is 5.78 Å². The number of aliphatic hydroxyl groups excluding tert-OH is 1. The van der Waals surface area contributed by atoms with E-state index < -0.39 is 29.5 Å². The number of hydrogen-bond donors (Lipinski definition) is 1. The van der Waals surface area contributed by atoms with Crippen molar-refractivity contribution in [3.63, 3.8) is 0 Å². The first kappa shape index (κ1) is 30.9. The second kappa shape index (κ2) is 13.4. The topological polar surface area (TPSA) is 134 Å². The van der Waals surface area contributed by atoms with Gasteiger partial charge in [0, 0.05) is 5.56 Å². The highest BCUT2D eigenvalue weighted by Gasteiger charge is 2.49. The monoisotopic (exact) mass is 622 g/mol. The first-order valence-corrected chi connectivity index (χ1v) is 15.4. The smallest absolute Gasteiger partial charge is 0.350 e. The van der Waals surface area contributed by atoms with E-state index in [1.165, 1.54) is 4.90 Å². The lowest BCUT2D eigenvalue weighted by Crippen LogP contribution is -2.29. The number of amides is 1. The Kier molecular flexibility index (Phi) is 9.38. The lowest BCUT2D eigenvalue weighted by Gasteiger charge is -2.24. The van der Waals surface area contributed by atoms with E-state index in [0.717, 1.165) is 24.2 Å². The molecule has 1 N–H and O–H groups in total. The molecule has 1 atom stereocenters. The molecule has 1 aromatic heterocycles. The van der Waals surface area contributed by atoms with Crippen LogP contribution in [0, 0.1) is 6.92 Å². The van der Waals surface area contributed by atoms with Crippen molar-refractivity contribution < 1.29 is 43.2 Å². The SMILES string of the molecule is CCCCOc1ccc([C@@H]2C(=C(O)c3ccc4c(c3)OCCO4)C(=O)C(=O)N2c2nc(C)c(C(=O)OCC)s2)cc1OCC. The van der Waals surface area contributed by atoms with Gasteiger partial charge in [-0.25, -0.2) is 9.78 Å². The van der Waals surface area contributed by atoms with Crippen molar-refractivity contribution in [2.24, 2.45) is 0 Å². The number of Topliss-reactive ketones (excluding diaryl/α,β-unsaturated/α-hetero) is 1. The number of unbranched alkanes of at least 4 members (excludes halogenated alkanes) is 1. The second-order valence-corrected chi connectivity index (χ2v) is 11.0. The number of nitrogens with zero attached hydrogens (tertiary/aromatic N) is 2. The fourth-order valence-electron chi connectivity index (χ4n) is 4.97. The largest absolute Gasteiger partial charge is 0.507 e. The molecule has 12 heteroatoms. The van der Waals surface area contributed by atoms with E-state index >= 15 is 0 Å². The minimum atomic E-state index is -1.10. The van der Waals surface area contributed by atoms with Gasteiger partial charge in [-0.2, -0.15) is 0 Å². The molecule has 0 saturated carbocycles. The molecule has 0 aliphatic carbocycles. The van der Waals surface area contributed by atoms with Gasteiger partial charge >= 0.3 is 11.9 Å². The quantitative estimate of drug-likeness (QED) is 0.0947. The Hall–Kier alpha value is -4.58. The molecule has 2 aliphatic heterocycles. The van der Waals surface area contributed by atoms with E-state index in [0.29, 0.717) is 60.7 Å². The maximum absolute atomic E-state index is 13.7. The van der Waals surface area contributed by atoms with Crippen LogP contribution in [0.4, 0.5) is 5.13 Å². The molecule has 2 aromatic carbocycles. The molecule has 0 spiro atoms. The summed E-state index contributed by atoms with van der Waals surface area (Å²) in [4.78, 5) is 45.9. The number of esters is 1. The summed E-state index contributed by atoms with van der Waals surface area (Å²) in [6, 6.07) is 8.83. The summed E-state index contributed by atoms with van der Waals surface area (Å²) < 4.78 is 28.3. The van der Waals surface area contributed by atoms with Gasteiger partial charge in [0.15, 0.2) is 28.1 Å². The number of anilines is 1. The molecule has 5 rings (SSSR count). The van der Waals surface area contributed by atoms with Crippen molar-refractivity contribution in [2.75, 3.05) is 37.9 Å². The molecule has 11 nitrogen and oxygen atoms in total. The highest BCUT2D eigenvalue weighted by atomic mass is 32.1. The van der Waals surface area contributed by atoms with Crippen LogP contribution >= 0.6 is 11.3 Å². The zero-order valence-electron chi connectivity index (χ0n) is 25.0. The molecule has 232 valence electrons. The van der Waals surface area contributed by atoms with Crippen LogP contribution in [-0.4, -0.2) is 60.8 Å². The number of rotatable bonds is 11. The van der Waals surface area contributed by atoms with Gasteiger partial charge in [0.2, 0.25) is 0 Å². The number of aromatic nitrogens is 1. The second-order valence-electron chi connectivity index (χ2n) is 10.0. The predicted molar refractivity (Wildman–Crippen MR) is 163 cm³/mol. The maximum Gasteiger partial charge on any atom is 0.350 e. The molecule has 0 unspecified atom stereocenters.